The average Bonchev–Trinajstić information content (AvgIpc) is 3.18. The third-order valence-electron chi connectivity index (χ3n) is 3.58. The van der Waals surface area contributed by atoms with E-state index in [2.05, 4.69) is 5.32 Å². The molecule has 19 heavy (non-hydrogen) atoms. The van der Waals surface area contributed by atoms with Crippen molar-refractivity contribution in [2.75, 3.05) is 40.0 Å². The van der Waals surface area contributed by atoms with Gasteiger partial charge in [0.05, 0.1) is 19.3 Å². The van der Waals surface area contributed by atoms with Gasteiger partial charge < -0.3 is 19.7 Å². The van der Waals surface area contributed by atoms with Gasteiger partial charge in [0.25, 0.3) is 0 Å². The first-order valence-electron chi connectivity index (χ1n) is 6.86. The predicted octanol–water partition coefficient (Wildman–Crippen LogP) is 0.670. The Hall–Kier alpha value is -0.360. The van der Waals surface area contributed by atoms with Crippen LogP contribution in [0.3, 0.4) is 0 Å². The number of carbonyl (C=O) groups is 1. The number of rotatable bonds is 6. The van der Waals surface area contributed by atoms with Crippen LogP contribution in [0.5, 0.6) is 0 Å². The molecule has 0 unspecified atom stereocenters. The van der Waals surface area contributed by atoms with Crippen LogP contribution >= 0.6 is 12.4 Å². The minimum absolute atomic E-state index is 0. The van der Waals surface area contributed by atoms with Gasteiger partial charge >= 0.3 is 0 Å². The minimum Gasteiger partial charge on any atom is -0.379 e. The maximum Gasteiger partial charge on any atom is 0.242 e. The summed E-state index contributed by atoms with van der Waals surface area (Å²) in [7, 11) is 1.83. The van der Waals surface area contributed by atoms with Gasteiger partial charge in [-0.25, -0.2) is 0 Å². The smallest absolute Gasteiger partial charge is 0.242 e. The van der Waals surface area contributed by atoms with E-state index in [0.717, 1.165) is 19.1 Å². The van der Waals surface area contributed by atoms with Crippen LogP contribution in [0.1, 0.15) is 19.8 Å². The second-order valence-corrected chi connectivity index (χ2v) is 5.29. The van der Waals surface area contributed by atoms with Crippen molar-refractivity contribution in [3.8, 4) is 0 Å². The molecule has 0 radical (unpaired) electrons. The molecule has 112 valence electrons. The van der Waals surface area contributed by atoms with Crippen LogP contribution in [-0.2, 0) is 14.3 Å². The zero-order valence-electron chi connectivity index (χ0n) is 11.8. The van der Waals surface area contributed by atoms with Crippen LogP contribution in [0.2, 0.25) is 0 Å². The zero-order valence-corrected chi connectivity index (χ0v) is 12.6. The topological polar surface area (TPSA) is 50.8 Å². The molecule has 5 nitrogen and oxygen atoms in total. The van der Waals surface area contributed by atoms with Crippen molar-refractivity contribution < 1.29 is 14.3 Å². The van der Waals surface area contributed by atoms with Crippen LogP contribution in [0.15, 0.2) is 0 Å². The van der Waals surface area contributed by atoms with Crippen molar-refractivity contribution in [3.05, 3.63) is 0 Å². The van der Waals surface area contributed by atoms with Crippen molar-refractivity contribution >= 4 is 18.3 Å². The molecule has 0 bridgehead atoms. The Morgan fingerprint density at radius 1 is 1.47 bits per heavy atom. The molecule has 1 aliphatic heterocycles. The van der Waals surface area contributed by atoms with Gasteiger partial charge in [-0.3, -0.25) is 4.79 Å². The van der Waals surface area contributed by atoms with Crippen LogP contribution in [0.25, 0.3) is 0 Å². The fourth-order valence-electron chi connectivity index (χ4n) is 2.09. The van der Waals surface area contributed by atoms with Gasteiger partial charge in [0.15, 0.2) is 0 Å². The van der Waals surface area contributed by atoms with Crippen LogP contribution in [0.4, 0.5) is 0 Å². The van der Waals surface area contributed by atoms with Crippen LogP contribution in [0, 0.1) is 5.92 Å². The first-order chi connectivity index (χ1) is 8.68. The molecule has 2 atom stereocenters. The number of carbonyl (C=O) groups excluding carboxylic acids is 1. The molecule has 1 saturated heterocycles. The lowest BCUT2D eigenvalue weighted by Gasteiger charge is -2.32. The Labute approximate surface area is 121 Å². The van der Waals surface area contributed by atoms with Gasteiger partial charge in [0.1, 0.15) is 6.04 Å². The second-order valence-electron chi connectivity index (χ2n) is 5.29. The summed E-state index contributed by atoms with van der Waals surface area (Å²) < 4.78 is 11.0. The first kappa shape index (κ1) is 16.7. The van der Waals surface area contributed by atoms with Gasteiger partial charge in [-0.2, -0.15) is 0 Å². The highest BCUT2D eigenvalue weighted by Crippen LogP contribution is 2.28. The van der Waals surface area contributed by atoms with E-state index >= 15 is 0 Å². The van der Waals surface area contributed by atoms with Crippen molar-refractivity contribution in [1.29, 1.82) is 0 Å². The molecule has 0 aromatic rings. The summed E-state index contributed by atoms with van der Waals surface area (Å²) in [6, 6.07) is -0.216. The molecule has 2 fully saturated rings. The maximum atomic E-state index is 12.2. The highest BCUT2D eigenvalue weighted by Gasteiger charge is 2.30. The summed E-state index contributed by atoms with van der Waals surface area (Å²) in [5.41, 5.74) is 0. The number of ether oxygens (including phenoxy) is 2. The number of nitrogens with zero attached hydrogens (tertiary/aromatic N) is 1. The van der Waals surface area contributed by atoms with Gasteiger partial charge in [0, 0.05) is 26.7 Å². The summed E-state index contributed by atoms with van der Waals surface area (Å²) in [6.07, 6.45) is 2.55. The molecule has 1 N–H and O–H groups in total. The summed E-state index contributed by atoms with van der Waals surface area (Å²) >= 11 is 0. The minimum atomic E-state index is -0.216. The average molecular weight is 293 g/mol. The fraction of sp³-hybridized carbons (Fsp3) is 0.923. The van der Waals surface area contributed by atoms with Crippen LogP contribution < -0.4 is 5.32 Å². The molecule has 1 saturated carbocycles. The third kappa shape index (κ3) is 5.26. The van der Waals surface area contributed by atoms with E-state index in [1.807, 2.05) is 14.0 Å². The third-order valence-corrected chi connectivity index (χ3v) is 3.58. The second kappa shape index (κ2) is 8.04. The van der Waals surface area contributed by atoms with E-state index in [-0.39, 0.29) is 30.5 Å². The van der Waals surface area contributed by atoms with Gasteiger partial charge in [-0.1, -0.05) is 0 Å². The molecule has 1 amide bonds. The Balaban J connectivity index is 0.00000180. The molecule has 2 aliphatic rings. The Morgan fingerprint density at radius 2 is 2.21 bits per heavy atom. The van der Waals surface area contributed by atoms with Gasteiger partial charge in [-0.05, 0) is 25.7 Å². The zero-order chi connectivity index (χ0) is 13.0. The summed E-state index contributed by atoms with van der Waals surface area (Å²) in [4.78, 5) is 13.9. The molecule has 1 heterocycles. The van der Waals surface area contributed by atoms with E-state index in [9.17, 15) is 4.79 Å². The highest BCUT2D eigenvalue weighted by molar-refractivity contribution is 5.85. The maximum absolute atomic E-state index is 12.2. The molecule has 2 rings (SSSR count). The number of nitrogens with one attached hydrogen (secondary N) is 1. The van der Waals surface area contributed by atoms with E-state index < -0.39 is 0 Å². The lowest BCUT2D eigenvalue weighted by molar-refractivity contribution is -0.138. The van der Waals surface area contributed by atoms with E-state index in [1.165, 1.54) is 12.8 Å². The predicted molar refractivity (Wildman–Crippen MR) is 75.6 cm³/mol. The van der Waals surface area contributed by atoms with Crippen molar-refractivity contribution in [1.82, 2.24) is 10.2 Å². The Bertz CT molecular complexity index is 287. The van der Waals surface area contributed by atoms with E-state index in [0.29, 0.717) is 19.8 Å². The molecule has 0 aromatic carbocycles. The number of likely N-dealkylation sites (N-methyl/N-ethyl adjacent to an activating group) is 1. The Morgan fingerprint density at radius 3 is 2.84 bits per heavy atom. The summed E-state index contributed by atoms with van der Waals surface area (Å²) in [5.74, 6) is 0.872. The lowest BCUT2D eigenvalue weighted by atomic mass is 10.1. The monoisotopic (exact) mass is 292 g/mol. The van der Waals surface area contributed by atoms with Gasteiger partial charge in [-0.15, -0.1) is 12.4 Å². The lowest BCUT2D eigenvalue weighted by Crippen LogP contribution is -2.56. The number of hydrogen-bond donors (Lipinski definition) is 1. The Kier molecular flexibility index (Phi) is 7.07. The normalized spacial score (nSPS) is 26.6. The number of morpholine rings is 1. The highest BCUT2D eigenvalue weighted by atomic mass is 35.5. The molecular weight excluding hydrogens is 268 g/mol. The van der Waals surface area contributed by atoms with Gasteiger partial charge in [0.2, 0.25) is 5.91 Å². The van der Waals surface area contributed by atoms with Crippen LogP contribution in [-0.4, -0.2) is 62.9 Å². The van der Waals surface area contributed by atoms with E-state index in [1.54, 1.807) is 4.90 Å². The number of hydrogen-bond acceptors (Lipinski definition) is 4. The molecule has 6 heteroatoms. The molecule has 1 aliphatic carbocycles. The number of halogens is 1. The van der Waals surface area contributed by atoms with Crippen molar-refractivity contribution in [3.63, 3.8) is 0 Å². The molecule has 0 spiro atoms. The summed E-state index contributed by atoms with van der Waals surface area (Å²) in [6.45, 7) is 5.48. The SMILES string of the molecule is C[C@H]1OCCN[C@@H]1C(=O)N(C)CCOCC1CC1.Cl. The first-order valence-corrected chi connectivity index (χ1v) is 6.86. The molecular formula is C13H25ClN2O3. The van der Waals surface area contributed by atoms with Crippen molar-refractivity contribution in [2.24, 2.45) is 5.92 Å². The quantitative estimate of drug-likeness (QED) is 0.731. The standard InChI is InChI=1S/C13H24N2O3.ClH/c1-10-12(14-5-7-18-10)13(16)15(2)6-8-17-9-11-3-4-11;/h10-12,14H,3-9H2,1-2H3;1H/t10-,12+;/m1./s1. The van der Waals surface area contributed by atoms with E-state index in [4.69, 9.17) is 9.47 Å². The molecule has 0 aromatic heterocycles. The fourth-order valence-corrected chi connectivity index (χ4v) is 2.09. The number of amides is 1. The largest absolute Gasteiger partial charge is 0.379 e. The van der Waals surface area contributed by atoms with Crippen molar-refractivity contribution in [2.45, 2.75) is 31.9 Å². The summed E-state index contributed by atoms with van der Waals surface area (Å²) in [5, 5.41) is 3.21.